The van der Waals surface area contributed by atoms with Crippen molar-refractivity contribution in [2.24, 2.45) is 5.73 Å². The van der Waals surface area contributed by atoms with Crippen molar-refractivity contribution in [1.82, 2.24) is 5.32 Å². The zero-order valence-corrected chi connectivity index (χ0v) is 18.2. The van der Waals surface area contributed by atoms with Gasteiger partial charge < -0.3 is 30.0 Å². The van der Waals surface area contributed by atoms with Crippen LogP contribution in [0.2, 0.25) is 5.02 Å². The molecule has 0 atom stereocenters. The summed E-state index contributed by atoms with van der Waals surface area (Å²) in [6, 6.07) is 9.44. The van der Waals surface area contributed by atoms with Crippen LogP contribution in [-0.2, 0) is 17.8 Å². The van der Waals surface area contributed by atoms with Gasteiger partial charge in [0.1, 0.15) is 0 Å². The van der Waals surface area contributed by atoms with Crippen LogP contribution in [0.25, 0.3) is 0 Å². The molecule has 7 nitrogen and oxygen atoms in total. The lowest BCUT2D eigenvalue weighted by Gasteiger charge is -2.14. The van der Waals surface area contributed by atoms with E-state index in [2.05, 4.69) is 5.32 Å². The van der Waals surface area contributed by atoms with Crippen molar-refractivity contribution in [1.29, 1.82) is 0 Å². The minimum atomic E-state index is -0.584. The number of ether oxygens (including phenoxy) is 4. The molecule has 0 heterocycles. The fraction of sp³-hybridized carbons (Fsp3) is 0.350. The summed E-state index contributed by atoms with van der Waals surface area (Å²) in [4.78, 5) is 10.9. The molecule has 3 N–H and O–H groups in total. The average molecular weight is 445 g/mol. The number of amides is 1. The minimum absolute atomic E-state index is 0. The van der Waals surface area contributed by atoms with Crippen molar-refractivity contribution in [3.63, 3.8) is 0 Å². The number of methoxy groups -OCH3 is 3. The number of nitrogens with one attached hydrogen (secondary N) is 1. The first-order chi connectivity index (χ1) is 13.5. The lowest BCUT2D eigenvalue weighted by molar-refractivity contribution is -0.119. The van der Waals surface area contributed by atoms with Gasteiger partial charge in [-0.05, 0) is 48.4 Å². The molecule has 1 amide bonds. The van der Waals surface area contributed by atoms with Gasteiger partial charge in [0.2, 0.25) is 0 Å². The van der Waals surface area contributed by atoms with Crippen molar-refractivity contribution >= 4 is 29.9 Å². The highest BCUT2D eigenvalue weighted by molar-refractivity contribution is 6.32. The summed E-state index contributed by atoms with van der Waals surface area (Å²) in [6.07, 6.45) is 0.824. The van der Waals surface area contributed by atoms with Gasteiger partial charge in [0, 0.05) is 6.54 Å². The van der Waals surface area contributed by atoms with Crippen LogP contribution >= 0.6 is 24.0 Å². The number of carbonyl (C=O) groups is 1. The van der Waals surface area contributed by atoms with Gasteiger partial charge in [0.25, 0.3) is 5.91 Å². The maximum atomic E-state index is 10.9. The largest absolute Gasteiger partial charge is 0.493 e. The molecule has 0 spiro atoms. The third kappa shape index (κ3) is 7.20. The molecule has 160 valence electrons. The highest BCUT2D eigenvalue weighted by Gasteiger charge is 2.13. The van der Waals surface area contributed by atoms with Gasteiger partial charge in [0.15, 0.2) is 29.6 Å². The fourth-order valence-electron chi connectivity index (χ4n) is 2.66. The average Bonchev–Trinajstić information content (AvgIpc) is 2.69. The van der Waals surface area contributed by atoms with Crippen molar-refractivity contribution in [2.45, 2.75) is 13.0 Å². The van der Waals surface area contributed by atoms with Crippen molar-refractivity contribution < 1.29 is 23.7 Å². The Morgan fingerprint density at radius 2 is 1.66 bits per heavy atom. The van der Waals surface area contributed by atoms with E-state index in [1.54, 1.807) is 20.3 Å². The predicted molar refractivity (Wildman–Crippen MR) is 115 cm³/mol. The number of primary amides is 1. The van der Waals surface area contributed by atoms with Gasteiger partial charge in [-0.3, -0.25) is 4.79 Å². The van der Waals surface area contributed by atoms with E-state index in [0.717, 1.165) is 24.1 Å². The standard InChI is InChI=1S/C20H25ClN2O5.ClH/c1-25-16-5-4-13(9-17(16)26-2)6-7-23-11-14-8-15(21)20(18(10-14)27-3)28-12-19(22)24;/h4-5,8-10,23H,6-7,11-12H2,1-3H3,(H2,22,24);1H. The third-order valence-electron chi connectivity index (χ3n) is 4.02. The van der Waals surface area contributed by atoms with Gasteiger partial charge >= 0.3 is 0 Å². The summed E-state index contributed by atoms with van der Waals surface area (Å²) in [6.45, 7) is 1.09. The van der Waals surface area contributed by atoms with E-state index < -0.39 is 5.91 Å². The highest BCUT2D eigenvalue weighted by Crippen LogP contribution is 2.36. The molecule has 0 aliphatic rings. The number of halogens is 2. The molecule has 0 aromatic heterocycles. The molecule has 0 fully saturated rings. The number of hydrogen-bond acceptors (Lipinski definition) is 6. The molecule has 2 aromatic rings. The van der Waals surface area contributed by atoms with Crippen LogP contribution in [0.4, 0.5) is 0 Å². The van der Waals surface area contributed by atoms with Crippen LogP contribution in [0.15, 0.2) is 30.3 Å². The number of nitrogens with two attached hydrogens (primary N) is 1. The van der Waals surface area contributed by atoms with Crippen LogP contribution in [0, 0.1) is 0 Å². The monoisotopic (exact) mass is 444 g/mol. The van der Waals surface area contributed by atoms with Crippen LogP contribution in [0.5, 0.6) is 23.0 Å². The van der Waals surface area contributed by atoms with Crippen molar-refractivity contribution in [3.05, 3.63) is 46.5 Å². The predicted octanol–water partition coefficient (Wildman–Crippen LogP) is 2.98. The van der Waals surface area contributed by atoms with Crippen LogP contribution in [-0.4, -0.2) is 40.4 Å². The van der Waals surface area contributed by atoms with Crippen LogP contribution in [0.1, 0.15) is 11.1 Å². The zero-order valence-electron chi connectivity index (χ0n) is 16.6. The molecular weight excluding hydrogens is 419 g/mol. The van der Waals surface area contributed by atoms with Gasteiger partial charge in [-0.25, -0.2) is 0 Å². The van der Waals surface area contributed by atoms with Crippen LogP contribution in [0.3, 0.4) is 0 Å². The number of rotatable bonds is 11. The van der Waals surface area contributed by atoms with Gasteiger partial charge in [-0.1, -0.05) is 17.7 Å². The Balaban J connectivity index is 0.00000420. The molecule has 9 heteroatoms. The molecule has 0 saturated carbocycles. The molecule has 0 aliphatic heterocycles. The molecule has 29 heavy (non-hydrogen) atoms. The lowest BCUT2D eigenvalue weighted by atomic mass is 10.1. The minimum Gasteiger partial charge on any atom is -0.493 e. The zero-order chi connectivity index (χ0) is 20.5. The molecule has 0 bridgehead atoms. The number of benzene rings is 2. The van der Waals surface area contributed by atoms with E-state index in [1.165, 1.54) is 7.11 Å². The van der Waals surface area contributed by atoms with Crippen LogP contribution < -0.4 is 30.0 Å². The maximum Gasteiger partial charge on any atom is 0.255 e. The van der Waals surface area contributed by atoms with Crippen molar-refractivity contribution in [2.75, 3.05) is 34.5 Å². The SMILES string of the molecule is COc1ccc(CCNCc2cc(Cl)c(OCC(N)=O)c(OC)c2)cc1OC.Cl. The quantitative estimate of drug-likeness (QED) is 0.517. The van der Waals surface area contributed by atoms with E-state index >= 15 is 0 Å². The van der Waals surface area contributed by atoms with Crippen molar-refractivity contribution in [3.8, 4) is 23.0 Å². The summed E-state index contributed by atoms with van der Waals surface area (Å²) < 4.78 is 21.2. The summed E-state index contributed by atoms with van der Waals surface area (Å²) in [7, 11) is 4.74. The van der Waals surface area contributed by atoms with Gasteiger partial charge in [0.05, 0.1) is 26.4 Å². The first kappa shape index (κ1) is 24.7. The van der Waals surface area contributed by atoms with Gasteiger partial charge in [-0.15, -0.1) is 12.4 Å². The number of hydrogen-bond donors (Lipinski definition) is 2. The normalized spacial score (nSPS) is 10.1. The first-order valence-corrected chi connectivity index (χ1v) is 9.05. The summed E-state index contributed by atoms with van der Waals surface area (Å²) >= 11 is 6.26. The molecule has 2 rings (SSSR count). The van der Waals surface area contributed by atoms with E-state index in [4.69, 9.17) is 36.3 Å². The second-order valence-electron chi connectivity index (χ2n) is 5.98. The highest BCUT2D eigenvalue weighted by atomic mass is 35.5. The van der Waals surface area contributed by atoms with E-state index in [0.29, 0.717) is 34.6 Å². The Morgan fingerprint density at radius 3 is 2.28 bits per heavy atom. The van der Waals surface area contributed by atoms with E-state index in [9.17, 15) is 4.79 Å². The molecule has 2 aromatic carbocycles. The molecular formula is C20H26Cl2N2O5. The lowest BCUT2D eigenvalue weighted by Crippen LogP contribution is -2.20. The smallest absolute Gasteiger partial charge is 0.255 e. The Bertz CT molecular complexity index is 818. The van der Waals surface area contributed by atoms with E-state index in [-0.39, 0.29) is 19.0 Å². The maximum absolute atomic E-state index is 10.9. The summed E-state index contributed by atoms with van der Waals surface area (Å²) in [5.74, 6) is 1.59. The number of carbonyl (C=O) groups excluding carboxylic acids is 1. The topological polar surface area (TPSA) is 92.0 Å². The molecule has 0 saturated heterocycles. The Hall–Kier alpha value is -2.35. The summed E-state index contributed by atoms with van der Waals surface area (Å²) in [5, 5.41) is 3.72. The fourth-order valence-corrected chi connectivity index (χ4v) is 2.95. The Morgan fingerprint density at radius 1 is 1.00 bits per heavy atom. The second-order valence-corrected chi connectivity index (χ2v) is 6.39. The summed E-state index contributed by atoms with van der Waals surface area (Å²) in [5.41, 5.74) is 7.17. The van der Waals surface area contributed by atoms with Gasteiger partial charge in [-0.2, -0.15) is 0 Å². The Kier molecular flexibility index (Phi) is 10.4. The second kappa shape index (κ2) is 12.3. The Labute approximate surface area is 181 Å². The molecule has 0 radical (unpaired) electrons. The molecule has 0 unspecified atom stereocenters. The molecule has 0 aliphatic carbocycles. The first-order valence-electron chi connectivity index (χ1n) is 8.67. The third-order valence-corrected chi connectivity index (χ3v) is 4.30. The van der Waals surface area contributed by atoms with E-state index in [1.807, 2.05) is 24.3 Å².